The van der Waals surface area contributed by atoms with Gasteiger partial charge in [0.05, 0.1) is 25.4 Å². The van der Waals surface area contributed by atoms with Gasteiger partial charge in [0, 0.05) is 23.8 Å². The Morgan fingerprint density at radius 1 is 1.32 bits per heavy atom. The molecule has 2 aromatic rings. The Morgan fingerprint density at radius 2 is 2.12 bits per heavy atom. The number of pyridine rings is 1. The highest BCUT2D eigenvalue weighted by atomic mass is 35.5. The van der Waals surface area contributed by atoms with Gasteiger partial charge in [-0.3, -0.25) is 9.59 Å². The predicted octanol–water partition coefficient (Wildman–Crippen LogP) is 1.90. The van der Waals surface area contributed by atoms with Crippen molar-refractivity contribution in [1.82, 2.24) is 9.88 Å². The number of amides is 1. The van der Waals surface area contributed by atoms with E-state index in [1.54, 1.807) is 18.3 Å². The van der Waals surface area contributed by atoms with Gasteiger partial charge in [0.15, 0.2) is 0 Å². The zero-order valence-corrected chi connectivity index (χ0v) is 15.0. The van der Waals surface area contributed by atoms with Gasteiger partial charge in [-0.25, -0.2) is 0 Å². The maximum Gasteiger partial charge on any atom is 0.250 e. The molecule has 134 valence electrons. The van der Waals surface area contributed by atoms with E-state index in [0.29, 0.717) is 37.0 Å². The molecule has 0 aliphatic carbocycles. The Labute approximate surface area is 156 Å². The van der Waals surface area contributed by atoms with Gasteiger partial charge in [-0.2, -0.15) is 0 Å². The smallest absolute Gasteiger partial charge is 0.250 e. The summed E-state index contributed by atoms with van der Waals surface area (Å²) in [4.78, 5) is 24.3. The van der Waals surface area contributed by atoms with Crippen molar-refractivity contribution in [3.8, 4) is 0 Å². The van der Waals surface area contributed by atoms with Gasteiger partial charge >= 0.3 is 0 Å². The van der Waals surface area contributed by atoms with Crippen molar-refractivity contribution in [1.29, 1.82) is 0 Å². The summed E-state index contributed by atoms with van der Waals surface area (Å²) < 4.78 is 6.80. The van der Waals surface area contributed by atoms with Crippen molar-refractivity contribution in [2.45, 2.75) is 12.6 Å². The highest BCUT2D eigenvalue weighted by molar-refractivity contribution is 6.31. The molecule has 0 spiro atoms. The molecular weight excluding hydrogens is 365 g/mol. The number of hydrogen-bond donors (Lipinski definition) is 2. The van der Waals surface area contributed by atoms with Crippen LogP contribution in [0.5, 0.6) is 0 Å². The van der Waals surface area contributed by atoms with Gasteiger partial charge < -0.3 is 19.9 Å². The zero-order chi connectivity index (χ0) is 16.9. The minimum atomic E-state index is -0.386. The lowest BCUT2D eigenvalue weighted by Crippen LogP contribution is -2.48. The van der Waals surface area contributed by atoms with Crippen LogP contribution in [0.25, 0.3) is 0 Å². The van der Waals surface area contributed by atoms with E-state index < -0.39 is 0 Å². The molecule has 1 atom stereocenters. The molecule has 25 heavy (non-hydrogen) atoms. The second kappa shape index (κ2) is 9.01. The van der Waals surface area contributed by atoms with Crippen molar-refractivity contribution in [2.24, 2.45) is 0 Å². The standard InChI is InChI=1S/C17H18ClN3O3.ClH/c18-14-4-2-1-3-12(14)9-21-10-13(5-6-16(21)22)20-17(23)15-11-24-8-7-19-15;/h1-6,10,15,19H,7-9,11H2,(H,20,23);1H. The Balaban J connectivity index is 0.00000225. The van der Waals surface area contributed by atoms with Crippen molar-refractivity contribution in [3.63, 3.8) is 0 Å². The Kier molecular flexibility index (Phi) is 7.01. The third-order valence-corrected chi connectivity index (χ3v) is 4.16. The molecule has 1 aliphatic rings. The van der Waals surface area contributed by atoms with Gasteiger partial charge in [-0.05, 0) is 17.7 Å². The molecule has 1 saturated heterocycles. The summed E-state index contributed by atoms with van der Waals surface area (Å²) in [6, 6.07) is 9.98. The molecule has 0 saturated carbocycles. The van der Waals surface area contributed by atoms with Gasteiger partial charge in [0.1, 0.15) is 6.04 Å². The maximum absolute atomic E-state index is 12.2. The number of anilines is 1. The van der Waals surface area contributed by atoms with E-state index in [4.69, 9.17) is 16.3 Å². The highest BCUT2D eigenvalue weighted by Crippen LogP contribution is 2.16. The quantitative estimate of drug-likeness (QED) is 0.845. The number of morpholine rings is 1. The van der Waals surface area contributed by atoms with Gasteiger partial charge in [-0.15, -0.1) is 12.4 Å². The summed E-state index contributed by atoms with van der Waals surface area (Å²) in [6.45, 7) is 1.93. The summed E-state index contributed by atoms with van der Waals surface area (Å²) in [5.41, 5.74) is 1.23. The van der Waals surface area contributed by atoms with Crippen molar-refractivity contribution in [2.75, 3.05) is 25.1 Å². The van der Waals surface area contributed by atoms with Crippen LogP contribution in [-0.2, 0) is 16.1 Å². The monoisotopic (exact) mass is 383 g/mol. The lowest BCUT2D eigenvalue weighted by Gasteiger charge is -2.23. The lowest BCUT2D eigenvalue weighted by atomic mass is 10.2. The maximum atomic E-state index is 12.2. The molecule has 2 heterocycles. The number of halogens is 2. The number of carbonyl (C=O) groups excluding carboxylic acids is 1. The topological polar surface area (TPSA) is 72.4 Å². The van der Waals surface area contributed by atoms with E-state index in [2.05, 4.69) is 10.6 Å². The SMILES string of the molecule is Cl.O=C(Nc1ccc(=O)n(Cc2ccccc2Cl)c1)C1COCCN1. The zero-order valence-electron chi connectivity index (χ0n) is 13.4. The summed E-state index contributed by atoms with van der Waals surface area (Å²) in [6.07, 6.45) is 1.62. The molecule has 2 N–H and O–H groups in total. The summed E-state index contributed by atoms with van der Waals surface area (Å²) >= 11 is 6.14. The predicted molar refractivity (Wildman–Crippen MR) is 99.7 cm³/mol. The summed E-state index contributed by atoms with van der Waals surface area (Å²) in [5.74, 6) is -0.183. The molecule has 1 aromatic carbocycles. The van der Waals surface area contributed by atoms with Crippen LogP contribution in [0.2, 0.25) is 5.02 Å². The van der Waals surface area contributed by atoms with Crippen LogP contribution < -0.4 is 16.2 Å². The molecule has 0 bridgehead atoms. The first-order chi connectivity index (χ1) is 11.6. The lowest BCUT2D eigenvalue weighted by molar-refractivity contribution is -0.120. The number of nitrogens with zero attached hydrogens (tertiary/aromatic N) is 1. The highest BCUT2D eigenvalue weighted by Gasteiger charge is 2.21. The third kappa shape index (κ3) is 5.06. The minimum Gasteiger partial charge on any atom is -0.378 e. The van der Waals surface area contributed by atoms with E-state index >= 15 is 0 Å². The van der Waals surface area contributed by atoms with Gasteiger partial charge in [0.25, 0.3) is 5.56 Å². The molecule has 3 rings (SSSR count). The van der Waals surface area contributed by atoms with E-state index in [9.17, 15) is 9.59 Å². The Hall–Kier alpha value is -1.86. The molecular formula is C17H19Cl2N3O3. The molecule has 1 unspecified atom stereocenters. The van der Waals surface area contributed by atoms with Crippen LogP contribution in [0.15, 0.2) is 47.4 Å². The second-order valence-corrected chi connectivity index (χ2v) is 5.95. The second-order valence-electron chi connectivity index (χ2n) is 5.55. The van der Waals surface area contributed by atoms with Crippen molar-refractivity contribution < 1.29 is 9.53 Å². The number of ether oxygens (including phenoxy) is 1. The Morgan fingerprint density at radius 3 is 2.84 bits per heavy atom. The van der Waals surface area contributed by atoms with Crippen molar-refractivity contribution >= 4 is 35.6 Å². The summed E-state index contributed by atoms with van der Waals surface area (Å²) in [7, 11) is 0. The fourth-order valence-corrected chi connectivity index (χ4v) is 2.70. The normalized spacial score (nSPS) is 16.8. The van der Waals surface area contributed by atoms with E-state index in [1.165, 1.54) is 10.6 Å². The largest absolute Gasteiger partial charge is 0.378 e. The first-order valence-corrected chi connectivity index (χ1v) is 8.07. The van der Waals surface area contributed by atoms with E-state index in [1.807, 2.05) is 18.2 Å². The average Bonchev–Trinajstić information content (AvgIpc) is 2.60. The minimum absolute atomic E-state index is 0. The molecule has 1 aromatic heterocycles. The van der Waals surface area contributed by atoms with Crippen molar-refractivity contribution in [3.05, 3.63) is 63.5 Å². The van der Waals surface area contributed by atoms with Crippen LogP contribution in [0.3, 0.4) is 0 Å². The van der Waals surface area contributed by atoms with Crippen LogP contribution in [0, 0.1) is 0 Å². The summed E-state index contributed by atoms with van der Waals surface area (Å²) in [5, 5.41) is 6.49. The fourth-order valence-electron chi connectivity index (χ4n) is 2.50. The first kappa shape index (κ1) is 19.5. The van der Waals surface area contributed by atoms with Crippen LogP contribution in [0.1, 0.15) is 5.56 Å². The van der Waals surface area contributed by atoms with Gasteiger partial charge in [-0.1, -0.05) is 29.8 Å². The molecule has 1 fully saturated rings. The Bertz CT molecular complexity index is 789. The van der Waals surface area contributed by atoms with E-state index in [0.717, 1.165) is 5.56 Å². The van der Waals surface area contributed by atoms with Crippen LogP contribution in [0.4, 0.5) is 5.69 Å². The fraction of sp³-hybridized carbons (Fsp3) is 0.294. The number of benzene rings is 1. The number of carbonyl (C=O) groups is 1. The number of hydrogen-bond acceptors (Lipinski definition) is 4. The molecule has 1 aliphatic heterocycles. The van der Waals surface area contributed by atoms with Crippen LogP contribution >= 0.6 is 24.0 Å². The molecule has 1 amide bonds. The van der Waals surface area contributed by atoms with Crippen LogP contribution in [-0.4, -0.2) is 36.3 Å². The number of nitrogens with one attached hydrogen (secondary N) is 2. The number of rotatable bonds is 4. The molecule has 0 radical (unpaired) electrons. The van der Waals surface area contributed by atoms with E-state index in [-0.39, 0.29) is 29.9 Å². The average molecular weight is 384 g/mol. The first-order valence-electron chi connectivity index (χ1n) is 7.69. The third-order valence-electron chi connectivity index (χ3n) is 3.79. The number of aromatic nitrogens is 1. The molecule has 6 nitrogen and oxygen atoms in total. The van der Waals surface area contributed by atoms with Gasteiger partial charge in [0.2, 0.25) is 5.91 Å². The molecule has 8 heteroatoms.